The lowest BCUT2D eigenvalue weighted by atomic mass is 9.76. The summed E-state index contributed by atoms with van der Waals surface area (Å²) in [6.07, 6.45) is 7.12. The van der Waals surface area contributed by atoms with Crippen molar-refractivity contribution >= 4 is 0 Å². The van der Waals surface area contributed by atoms with E-state index in [9.17, 15) is 0 Å². The van der Waals surface area contributed by atoms with Crippen LogP contribution in [0.25, 0.3) is 11.5 Å². The maximum Gasteiger partial charge on any atom is 0.259 e. The van der Waals surface area contributed by atoms with E-state index in [4.69, 9.17) is 10.3 Å². The first-order valence-electron chi connectivity index (χ1n) is 7.67. The van der Waals surface area contributed by atoms with E-state index in [1.165, 1.54) is 6.42 Å². The molecule has 0 amide bonds. The van der Waals surface area contributed by atoms with Crippen LogP contribution in [0.1, 0.15) is 50.5 Å². The molecule has 0 spiro atoms. The molecule has 0 bridgehead atoms. The van der Waals surface area contributed by atoms with Gasteiger partial charge >= 0.3 is 0 Å². The van der Waals surface area contributed by atoms with E-state index in [0.29, 0.717) is 11.7 Å². The Morgan fingerprint density at radius 2 is 2.14 bits per heavy atom. The van der Waals surface area contributed by atoms with E-state index >= 15 is 0 Å². The number of rotatable bonds is 3. The minimum atomic E-state index is -0.441. The highest BCUT2D eigenvalue weighted by molar-refractivity contribution is 5.55. The van der Waals surface area contributed by atoms with Crippen molar-refractivity contribution in [1.82, 2.24) is 15.1 Å². The molecule has 2 N–H and O–H groups in total. The molecule has 1 aliphatic carbocycles. The second-order valence-electron chi connectivity index (χ2n) is 6.07. The lowest BCUT2D eigenvalue weighted by molar-refractivity contribution is 0.216. The third-order valence-electron chi connectivity index (χ3n) is 4.68. The average molecular weight is 286 g/mol. The number of nitrogens with two attached hydrogens (primary N) is 1. The summed E-state index contributed by atoms with van der Waals surface area (Å²) in [4.78, 5) is 8.80. The highest BCUT2D eigenvalue weighted by Gasteiger charge is 2.37. The molecule has 3 rings (SSSR count). The van der Waals surface area contributed by atoms with Crippen LogP contribution in [-0.4, -0.2) is 15.1 Å². The normalized spacial score (nSPS) is 26.0. The molecule has 2 aromatic rings. The second kappa shape index (κ2) is 5.56. The minimum Gasteiger partial charge on any atom is -0.334 e. The Labute approximate surface area is 125 Å². The standard InChI is InChI=1S/C16H22N4O/c1-3-12-6-8-16(17,9-7-12)15-19-14(21-20-15)13-5-4-10-18-11(13)2/h4-5,10,12H,3,6-9,17H2,1-2H3. The Bertz CT molecular complexity index is 614. The number of nitrogens with zero attached hydrogens (tertiary/aromatic N) is 3. The van der Waals surface area contributed by atoms with Gasteiger partial charge in [0, 0.05) is 11.9 Å². The summed E-state index contributed by atoms with van der Waals surface area (Å²) < 4.78 is 5.42. The summed E-state index contributed by atoms with van der Waals surface area (Å²) in [7, 11) is 0. The monoisotopic (exact) mass is 286 g/mol. The zero-order valence-electron chi connectivity index (χ0n) is 12.7. The Kier molecular flexibility index (Phi) is 3.76. The lowest BCUT2D eigenvalue weighted by Crippen LogP contribution is -2.41. The van der Waals surface area contributed by atoms with Gasteiger partial charge in [0.25, 0.3) is 5.89 Å². The quantitative estimate of drug-likeness (QED) is 0.937. The smallest absolute Gasteiger partial charge is 0.259 e. The van der Waals surface area contributed by atoms with E-state index in [-0.39, 0.29) is 0 Å². The van der Waals surface area contributed by atoms with E-state index in [0.717, 1.165) is 42.9 Å². The highest BCUT2D eigenvalue weighted by atomic mass is 16.5. The summed E-state index contributed by atoms with van der Waals surface area (Å²) in [5.74, 6) is 1.93. The average Bonchev–Trinajstić information content (AvgIpc) is 2.99. The first kappa shape index (κ1) is 14.2. The first-order valence-corrected chi connectivity index (χ1v) is 7.67. The fourth-order valence-electron chi connectivity index (χ4n) is 3.07. The van der Waals surface area contributed by atoms with E-state index in [1.54, 1.807) is 6.20 Å². The summed E-state index contributed by atoms with van der Waals surface area (Å²) >= 11 is 0. The summed E-state index contributed by atoms with van der Waals surface area (Å²) in [6, 6.07) is 3.81. The zero-order valence-corrected chi connectivity index (χ0v) is 12.7. The molecule has 5 heteroatoms. The predicted octanol–water partition coefficient (Wildman–Crippen LogP) is 3.19. The molecule has 21 heavy (non-hydrogen) atoms. The van der Waals surface area contributed by atoms with Gasteiger partial charge in [0.2, 0.25) is 0 Å². The van der Waals surface area contributed by atoms with Crippen molar-refractivity contribution in [3.8, 4) is 11.5 Å². The van der Waals surface area contributed by atoms with E-state index in [2.05, 4.69) is 22.0 Å². The van der Waals surface area contributed by atoms with Gasteiger partial charge in [-0.05, 0) is 50.7 Å². The fraction of sp³-hybridized carbons (Fsp3) is 0.562. The highest BCUT2D eigenvalue weighted by Crippen LogP contribution is 2.38. The van der Waals surface area contributed by atoms with Gasteiger partial charge in [0.1, 0.15) is 0 Å². The molecule has 0 aliphatic heterocycles. The molecule has 0 atom stereocenters. The molecule has 1 aliphatic rings. The van der Waals surface area contributed by atoms with Gasteiger partial charge in [0.05, 0.1) is 11.1 Å². The molecule has 0 unspecified atom stereocenters. The van der Waals surface area contributed by atoms with Crippen molar-refractivity contribution in [3.63, 3.8) is 0 Å². The molecular formula is C16H22N4O. The van der Waals surface area contributed by atoms with Crippen molar-refractivity contribution in [3.05, 3.63) is 29.8 Å². The molecule has 2 aromatic heterocycles. The molecule has 0 aromatic carbocycles. The first-order chi connectivity index (χ1) is 10.1. The van der Waals surface area contributed by atoms with Gasteiger partial charge in [-0.25, -0.2) is 0 Å². The van der Waals surface area contributed by atoms with Crippen molar-refractivity contribution < 1.29 is 4.52 Å². The van der Waals surface area contributed by atoms with Crippen LogP contribution in [0.2, 0.25) is 0 Å². The Balaban J connectivity index is 1.84. The van der Waals surface area contributed by atoms with Crippen molar-refractivity contribution in [2.24, 2.45) is 11.7 Å². The number of aryl methyl sites for hydroxylation is 1. The third-order valence-corrected chi connectivity index (χ3v) is 4.68. The number of pyridine rings is 1. The molecule has 5 nitrogen and oxygen atoms in total. The molecule has 2 heterocycles. The number of aromatic nitrogens is 3. The van der Waals surface area contributed by atoms with Crippen LogP contribution in [0.3, 0.4) is 0 Å². The summed E-state index contributed by atoms with van der Waals surface area (Å²) in [6.45, 7) is 4.18. The van der Waals surface area contributed by atoms with Crippen LogP contribution in [0.15, 0.2) is 22.9 Å². The van der Waals surface area contributed by atoms with E-state index in [1.807, 2.05) is 19.1 Å². The SMILES string of the molecule is CCC1CCC(N)(c2noc(-c3cccnc3C)n2)CC1. The number of hydrogen-bond acceptors (Lipinski definition) is 5. The van der Waals surface area contributed by atoms with Gasteiger partial charge < -0.3 is 10.3 Å². The summed E-state index contributed by atoms with van der Waals surface area (Å²) in [5.41, 5.74) is 7.84. The van der Waals surface area contributed by atoms with Crippen LogP contribution in [0.5, 0.6) is 0 Å². The second-order valence-corrected chi connectivity index (χ2v) is 6.07. The van der Waals surface area contributed by atoms with E-state index < -0.39 is 5.54 Å². The predicted molar refractivity (Wildman–Crippen MR) is 80.4 cm³/mol. The summed E-state index contributed by atoms with van der Waals surface area (Å²) in [5, 5.41) is 4.14. The Hall–Kier alpha value is -1.75. The molecule has 112 valence electrons. The minimum absolute atomic E-state index is 0.441. The van der Waals surface area contributed by atoms with Gasteiger partial charge in [-0.1, -0.05) is 18.5 Å². The van der Waals surface area contributed by atoms with Gasteiger partial charge in [-0.15, -0.1) is 0 Å². The molecular weight excluding hydrogens is 264 g/mol. The van der Waals surface area contributed by atoms with Crippen molar-refractivity contribution in [2.75, 3.05) is 0 Å². The van der Waals surface area contributed by atoms with Gasteiger partial charge in [-0.2, -0.15) is 4.98 Å². The van der Waals surface area contributed by atoms with Crippen LogP contribution in [-0.2, 0) is 5.54 Å². The maximum absolute atomic E-state index is 6.53. The van der Waals surface area contributed by atoms with Gasteiger partial charge in [-0.3, -0.25) is 4.98 Å². The van der Waals surface area contributed by atoms with Crippen molar-refractivity contribution in [2.45, 2.75) is 51.5 Å². The largest absolute Gasteiger partial charge is 0.334 e. The number of hydrogen-bond donors (Lipinski definition) is 1. The third kappa shape index (κ3) is 2.70. The van der Waals surface area contributed by atoms with Crippen molar-refractivity contribution in [1.29, 1.82) is 0 Å². The van der Waals surface area contributed by atoms with Crippen LogP contribution >= 0.6 is 0 Å². The van der Waals surface area contributed by atoms with Gasteiger partial charge in [0.15, 0.2) is 5.82 Å². The molecule has 0 radical (unpaired) electrons. The van der Waals surface area contributed by atoms with Crippen LogP contribution in [0.4, 0.5) is 0 Å². The Morgan fingerprint density at radius 1 is 1.38 bits per heavy atom. The van der Waals surface area contributed by atoms with Crippen LogP contribution in [0, 0.1) is 12.8 Å². The van der Waals surface area contributed by atoms with Crippen LogP contribution < -0.4 is 5.73 Å². The lowest BCUT2D eigenvalue weighted by Gasteiger charge is -2.34. The zero-order chi connectivity index (χ0) is 14.9. The Morgan fingerprint density at radius 3 is 2.81 bits per heavy atom. The topological polar surface area (TPSA) is 77.8 Å². The maximum atomic E-state index is 6.53. The molecule has 1 saturated carbocycles. The molecule has 0 saturated heterocycles. The molecule has 1 fully saturated rings. The fourth-order valence-corrected chi connectivity index (χ4v) is 3.07.